The summed E-state index contributed by atoms with van der Waals surface area (Å²) in [6.45, 7) is 4.25. The van der Waals surface area contributed by atoms with E-state index in [9.17, 15) is 27.5 Å². The summed E-state index contributed by atoms with van der Waals surface area (Å²) in [4.78, 5) is 31.3. The van der Waals surface area contributed by atoms with E-state index in [1.165, 1.54) is 12.1 Å². The van der Waals surface area contributed by atoms with Crippen LogP contribution in [-0.4, -0.2) is 59.9 Å². The van der Waals surface area contributed by atoms with Crippen LogP contribution in [0.1, 0.15) is 46.5 Å². The van der Waals surface area contributed by atoms with Gasteiger partial charge in [-0.3, -0.25) is 4.79 Å². The van der Waals surface area contributed by atoms with Gasteiger partial charge in [0.15, 0.2) is 26.9 Å². The molecule has 1 aromatic heterocycles. The van der Waals surface area contributed by atoms with Gasteiger partial charge in [0.2, 0.25) is 5.91 Å². The number of sulfonamides is 1. The molecule has 12 nitrogen and oxygen atoms in total. The van der Waals surface area contributed by atoms with Crippen LogP contribution in [0.2, 0.25) is 10.0 Å². The van der Waals surface area contributed by atoms with E-state index in [1.807, 2.05) is 37.3 Å². The first-order valence-electron chi connectivity index (χ1n) is 20.0. The number of thiazole rings is 1. The SMILES string of the molecule is CCNc1nc(C)c(S(=O)(=O)N2Cc3cc4c(cc3CC2C(=O)NC(Cc2ccc(-c3ccc(F)cc3)cc2)C(=O)O)OCC(c2ccc(OCc3ccc(Cl)c(Cl)c3)cc2)O4)s1. The molecule has 0 saturated heterocycles. The molecule has 6 aromatic rings. The first-order valence-corrected chi connectivity index (χ1v) is 23.0. The molecule has 1 amide bonds. The number of nitrogens with one attached hydrogen (secondary N) is 2. The largest absolute Gasteiger partial charge is 0.489 e. The van der Waals surface area contributed by atoms with Gasteiger partial charge in [0, 0.05) is 19.5 Å². The number of anilines is 1. The Morgan fingerprint density at radius 2 is 1.62 bits per heavy atom. The van der Waals surface area contributed by atoms with Gasteiger partial charge in [-0.2, -0.15) is 4.31 Å². The number of ether oxygens (including phenoxy) is 3. The Hall–Kier alpha value is -5.71. The number of aryl methyl sites for hydroxylation is 1. The third-order valence-electron chi connectivity index (χ3n) is 10.8. The topological polar surface area (TPSA) is 156 Å². The highest BCUT2D eigenvalue weighted by atomic mass is 35.5. The summed E-state index contributed by atoms with van der Waals surface area (Å²) in [6.07, 6.45) is -0.631. The predicted molar refractivity (Wildman–Crippen MR) is 239 cm³/mol. The maximum Gasteiger partial charge on any atom is 0.326 e. The quantitative estimate of drug-likeness (QED) is 0.0964. The summed E-state index contributed by atoms with van der Waals surface area (Å²) >= 11 is 13.1. The number of fused-ring (bicyclic) bond motifs is 2. The standard InChI is InChI=1S/C46H41Cl2FN4O8S2/c1-3-50-46-51-26(2)45(62-46)63(57,58)53-23-33-22-41-40(60-25-42(61-41)31-11-15-35(16-12-31)59-24-28-6-17-36(47)37(48)18-28)21-32(33)20-39(53)43(54)52-38(44(55)56)19-27-4-7-29(8-5-27)30-9-13-34(49)14-10-30/h4-18,21-22,38-39,42H,3,19-20,23-25H2,1-2H3,(H,50,51)(H,52,54)(H,55,56). The number of carboxylic acid groups (broad SMARTS) is 1. The lowest BCUT2D eigenvalue weighted by Gasteiger charge is -2.36. The molecule has 2 aliphatic heterocycles. The van der Waals surface area contributed by atoms with Crippen molar-refractivity contribution in [1.29, 1.82) is 0 Å². The molecule has 3 heterocycles. The monoisotopic (exact) mass is 930 g/mol. The Balaban J connectivity index is 1.02. The van der Waals surface area contributed by atoms with E-state index in [0.717, 1.165) is 37.9 Å². The number of hydrogen-bond acceptors (Lipinski definition) is 10. The number of aromatic nitrogens is 1. The lowest BCUT2D eigenvalue weighted by atomic mass is 9.94. The van der Waals surface area contributed by atoms with Crippen molar-refractivity contribution < 1.29 is 41.7 Å². The molecular formula is C46H41Cl2FN4O8S2. The molecular weight excluding hydrogens is 891 g/mol. The molecule has 63 heavy (non-hydrogen) atoms. The van der Waals surface area contributed by atoms with E-state index in [-0.39, 0.29) is 41.7 Å². The maximum absolute atomic E-state index is 14.6. The van der Waals surface area contributed by atoms with Crippen LogP contribution >= 0.6 is 34.5 Å². The highest BCUT2D eigenvalue weighted by Crippen LogP contribution is 2.42. The molecule has 5 aromatic carbocycles. The molecule has 0 radical (unpaired) electrons. The van der Waals surface area contributed by atoms with Crippen molar-refractivity contribution in [3.05, 3.63) is 153 Å². The number of amides is 1. The molecule has 0 bridgehead atoms. The average molecular weight is 932 g/mol. The number of halogens is 3. The van der Waals surface area contributed by atoms with E-state index >= 15 is 0 Å². The van der Waals surface area contributed by atoms with Gasteiger partial charge < -0.3 is 30.0 Å². The molecule has 17 heteroatoms. The number of hydrogen-bond donors (Lipinski definition) is 3. The van der Waals surface area contributed by atoms with Gasteiger partial charge in [0.1, 0.15) is 36.9 Å². The molecule has 8 rings (SSSR count). The van der Waals surface area contributed by atoms with Crippen molar-refractivity contribution in [3.63, 3.8) is 0 Å². The first-order chi connectivity index (χ1) is 30.2. The summed E-state index contributed by atoms with van der Waals surface area (Å²) in [5.41, 5.74) is 5.42. The normalized spacial score (nSPS) is 16.5. The van der Waals surface area contributed by atoms with E-state index in [0.29, 0.717) is 62.3 Å². The van der Waals surface area contributed by atoms with Crippen LogP contribution in [0.4, 0.5) is 9.52 Å². The first kappa shape index (κ1) is 43.9. The Kier molecular flexibility index (Phi) is 12.9. The van der Waals surface area contributed by atoms with Crippen molar-refractivity contribution in [2.75, 3.05) is 18.5 Å². The smallest absolute Gasteiger partial charge is 0.326 e. The van der Waals surface area contributed by atoms with Crippen LogP contribution in [-0.2, 0) is 45.6 Å². The summed E-state index contributed by atoms with van der Waals surface area (Å²) in [6, 6.07) is 26.6. The van der Waals surface area contributed by atoms with Gasteiger partial charge >= 0.3 is 5.97 Å². The highest BCUT2D eigenvalue weighted by Gasteiger charge is 2.43. The Labute approximate surface area is 377 Å². The number of carbonyl (C=O) groups is 2. The fourth-order valence-electron chi connectivity index (χ4n) is 7.48. The lowest BCUT2D eigenvalue weighted by molar-refractivity contribution is -0.142. The van der Waals surface area contributed by atoms with Crippen LogP contribution < -0.4 is 24.8 Å². The van der Waals surface area contributed by atoms with Crippen molar-refractivity contribution in [3.8, 4) is 28.4 Å². The van der Waals surface area contributed by atoms with Crippen LogP contribution in [0.5, 0.6) is 17.2 Å². The molecule has 3 unspecified atom stereocenters. The fraction of sp³-hybridized carbons (Fsp3) is 0.239. The minimum absolute atomic E-state index is 0.0299. The number of aliphatic carboxylic acids is 1. The number of rotatable bonds is 14. The minimum atomic E-state index is -4.36. The highest BCUT2D eigenvalue weighted by molar-refractivity contribution is 7.91. The molecule has 0 fully saturated rings. The van der Waals surface area contributed by atoms with Crippen LogP contribution in [0.15, 0.2) is 107 Å². The van der Waals surface area contributed by atoms with Crippen LogP contribution in [0, 0.1) is 12.7 Å². The zero-order chi connectivity index (χ0) is 44.4. The number of carboxylic acids is 1. The van der Waals surface area contributed by atoms with Crippen molar-refractivity contribution in [2.24, 2.45) is 0 Å². The Morgan fingerprint density at radius 1 is 0.937 bits per heavy atom. The van der Waals surface area contributed by atoms with Gasteiger partial charge in [-0.05, 0) is 108 Å². The Morgan fingerprint density at radius 3 is 2.30 bits per heavy atom. The van der Waals surface area contributed by atoms with Gasteiger partial charge in [-0.15, -0.1) is 0 Å². The fourth-order valence-corrected chi connectivity index (χ4v) is 11.0. The Bertz CT molecular complexity index is 2770. The molecule has 0 spiro atoms. The summed E-state index contributed by atoms with van der Waals surface area (Å²) in [7, 11) is -4.36. The molecule has 3 atom stereocenters. The molecule has 0 aliphatic carbocycles. The third-order valence-corrected chi connectivity index (χ3v) is 15.1. The molecule has 2 aliphatic rings. The summed E-state index contributed by atoms with van der Waals surface area (Å²) in [5.74, 6) is -0.939. The number of carbonyl (C=O) groups excluding carboxylic acids is 1. The summed E-state index contributed by atoms with van der Waals surface area (Å²) in [5, 5.41) is 17.3. The minimum Gasteiger partial charge on any atom is -0.489 e. The zero-order valence-electron chi connectivity index (χ0n) is 33.9. The van der Waals surface area contributed by atoms with E-state index in [1.54, 1.807) is 67.6 Å². The van der Waals surface area contributed by atoms with E-state index in [4.69, 9.17) is 37.4 Å². The third kappa shape index (κ3) is 9.77. The van der Waals surface area contributed by atoms with Crippen molar-refractivity contribution >= 4 is 61.6 Å². The number of benzene rings is 5. The zero-order valence-corrected chi connectivity index (χ0v) is 37.1. The van der Waals surface area contributed by atoms with Gasteiger partial charge in [0.25, 0.3) is 10.0 Å². The van der Waals surface area contributed by atoms with Crippen LogP contribution in [0.25, 0.3) is 11.1 Å². The van der Waals surface area contributed by atoms with Gasteiger partial charge in [-0.1, -0.05) is 89.1 Å². The molecule has 3 N–H and O–H groups in total. The summed E-state index contributed by atoms with van der Waals surface area (Å²) < 4.78 is 62.4. The van der Waals surface area contributed by atoms with E-state index in [2.05, 4.69) is 15.6 Å². The molecule has 0 saturated carbocycles. The van der Waals surface area contributed by atoms with Gasteiger partial charge in [0.05, 0.1) is 15.7 Å². The van der Waals surface area contributed by atoms with Crippen molar-refractivity contribution in [2.45, 2.75) is 62.2 Å². The van der Waals surface area contributed by atoms with E-state index < -0.39 is 40.1 Å². The second-order valence-corrected chi connectivity index (χ2v) is 19.0. The maximum atomic E-state index is 14.6. The molecule has 326 valence electrons. The van der Waals surface area contributed by atoms with Gasteiger partial charge in [-0.25, -0.2) is 22.6 Å². The number of nitrogens with zero attached hydrogens (tertiary/aromatic N) is 2. The average Bonchev–Trinajstić information content (AvgIpc) is 3.66. The van der Waals surface area contributed by atoms with Crippen molar-refractivity contribution in [1.82, 2.24) is 14.6 Å². The second kappa shape index (κ2) is 18.6. The lowest BCUT2D eigenvalue weighted by Crippen LogP contribution is -2.55. The second-order valence-electron chi connectivity index (χ2n) is 15.1. The van der Waals surface area contributed by atoms with Crippen LogP contribution in [0.3, 0.4) is 0 Å². The predicted octanol–water partition coefficient (Wildman–Crippen LogP) is 9.02.